The Labute approximate surface area is 98.9 Å². The monoisotopic (exact) mass is 230 g/mol. The predicted octanol–water partition coefficient (Wildman–Crippen LogP) is 0.755. The largest absolute Gasteiger partial charge is 0.385 e. The Morgan fingerprint density at radius 3 is 3.00 bits per heavy atom. The molecule has 4 nitrogen and oxygen atoms in total. The van der Waals surface area contributed by atoms with Gasteiger partial charge in [-0.25, -0.2) is 0 Å². The quantitative estimate of drug-likeness (QED) is 0.604. The fourth-order valence-corrected chi connectivity index (χ4v) is 2.09. The van der Waals surface area contributed by atoms with Crippen LogP contribution >= 0.6 is 0 Å². The number of methoxy groups -OCH3 is 1. The summed E-state index contributed by atoms with van der Waals surface area (Å²) in [5.74, 6) is 0.658. The lowest BCUT2D eigenvalue weighted by atomic mass is 10.0. The first-order valence-corrected chi connectivity index (χ1v) is 6.31. The fourth-order valence-electron chi connectivity index (χ4n) is 2.09. The number of rotatable bonds is 8. The average Bonchev–Trinajstić information content (AvgIpc) is 2.65. The van der Waals surface area contributed by atoms with E-state index in [1.54, 1.807) is 7.11 Å². The molecule has 0 radical (unpaired) electrons. The molecule has 1 aliphatic rings. The van der Waals surface area contributed by atoms with Gasteiger partial charge in [-0.2, -0.15) is 0 Å². The first-order valence-electron chi connectivity index (χ1n) is 6.31. The molecule has 0 aliphatic carbocycles. The Kier molecular flexibility index (Phi) is 6.96. The van der Waals surface area contributed by atoms with Crippen molar-refractivity contribution in [2.45, 2.75) is 38.3 Å². The summed E-state index contributed by atoms with van der Waals surface area (Å²) in [7, 11) is 1.73. The summed E-state index contributed by atoms with van der Waals surface area (Å²) in [6.45, 7) is 5.79. The van der Waals surface area contributed by atoms with Crippen molar-refractivity contribution in [3.05, 3.63) is 0 Å². The van der Waals surface area contributed by atoms with E-state index in [4.69, 9.17) is 15.2 Å². The third-order valence-electron chi connectivity index (χ3n) is 3.27. The molecule has 1 saturated heterocycles. The van der Waals surface area contributed by atoms with Gasteiger partial charge in [0.2, 0.25) is 0 Å². The van der Waals surface area contributed by atoms with Gasteiger partial charge < -0.3 is 20.5 Å². The van der Waals surface area contributed by atoms with Crippen LogP contribution in [0.5, 0.6) is 0 Å². The van der Waals surface area contributed by atoms with Crippen LogP contribution in [0.25, 0.3) is 0 Å². The van der Waals surface area contributed by atoms with Gasteiger partial charge in [0, 0.05) is 39.5 Å². The summed E-state index contributed by atoms with van der Waals surface area (Å²) in [5, 5.41) is 3.44. The van der Waals surface area contributed by atoms with E-state index >= 15 is 0 Å². The third-order valence-corrected chi connectivity index (χ3v) is 3.27. The van der Waals surface area contributed by atoms with Crippen molar-refractivity contribution in [2.24, 2.45) is 11.7 Å². The number of nitrogens with one attached hydrogen (secondary N) is 1. The Balaban J connectivity index is 1.97. The van der Waals surface area contributed by atoms with E-state index in [0.717, 1.165) is 39.1 Å². The second-order valence-electron chi connectivity index (χ2n) is 4.68. The molecule has 3 N–H and O–H groups in total. The number of nitrogens with two attached hydrogens (primary N) is 1. The first kappa shape index (κ1) is 13.9. The molecule has 96 valence electrons. The predicted molar refractivity (Wildman–Crippen MR) is 65.5 cm³/mol. The molecule has 0 saturated carbocycles. The molecule has 1 rings (SSSR count). The summed E-state index contributed by atoms with van der Waals surface area (Å²) in [6.07, 6.45) is 3.64. The standard InChI is InChI=1S/C12H26N2O2/c1-10-11(5-7-16-10)8-14-9-12(13)4-3-6-15-2/h10-12,14H,3-9,13H2,1-2H3. The van der Waals surface area contributed by atoms with E-state index in [9.17, 15) is 0 Å². The zero-order chi connectivity index (χ0) is 11.8. The van der Waals surface area contributed by atoms with E-state index in [1.807, 2.05) is 0 Å². The van der Waals surface area contributed by atoms with Crippen LogP contribution in [-0.4, -0.2) is 45.6 Å². The molecule has 0 spiro atoms. The Bertz CT molecular complexity index is 178. The van der Waals surface area contributed by atoms with E-state index in [0.29, 0.717) is 12.0 Å². The molecule has 3 atom stereocenters. The SMILES string of the molecule is COCCCC(N)CNCC1CCOC1C. The highest BCUT2D eigenvalue weighted by atomic mass is 16.5. The number of hydrogen-bond donors (Lipinski definition) is 2. The van der Waals surface area contributed by atoms with Crippen molar-refractivity contribution in [2.75, 3.05) is 33.4 Å². The smallest absolute Gasteiger partial charge is 0.0588 e. The fraction of sp³-hybridized carbons (Fsp3) is 1.00. The van der Waals surface area contributed by atoms with Gasteiger partial charge >= 0.3 is 0 Å². The average molecular weight is 230 g/mol. The van der Waals surface area contributed by atoms with Crippen molar-refractivity contribution < 1.29 is 9.47 Å². The van der Waals surface area contributed by atoms with Gasteiger partial charge in [0.1, 0.15) is 0 Å². The molecule has 0 aromatic heterocycles. The van der Waals surface area contributed by atoms with E-state index in [-0.39, 0.29) is 6.04 Å². The Hall–Kier alpha value is -0.160. The van der Waals surface area contributed by atoms with Crippen molar-refractivity contribution >= 4 is 0 Å². The summed E-state index contributed by atoms with van der Waals surface area (Å²) in [5.41, 5.74) is 5.98. The van der Waals surface area contributed by atoms with Crippen LogP contribution in [0.1, 0.15) is 26.2 Å². The molecule has 4 heteroatoms. The third kappa shape index (κ3) is 5.25. The van der Waals surface area contributed by atoms with Gasteiger partial charge in [0.25, 0.3) is 0 Å². The Morgan fingerprint density at radius 1 is 1.56 bits per heavy atom. The molecular weight excluding hydrogens is 204 g/mol. The van der Waals surface area contributed by atoms with Crippen molar-refractivity contribution in [1.29, 1.82) is 0 Å². The van der Waals surface area contributed by atoms with Crippen molar-refractivity contribution in [1.82, 2.24) is 5.32 Å². The topological polar surface area (TPSA) is 56.5 Å². The van der Waals surface area contributed by atoms with Gasteiger partial charge in [-0.05, 0) is 32.1 Å². The summed E-state index contributed by atoms with van der Waals surface area (Å²) in [6, 6.07) is 0.243. The lowest BCUT2D eigenvalue weighted by molar-refractivity contribution is 0.105. The Morgan fingerprint density at radius 2 is 2.38 bits per heavy atom. The molecule has 1 aliphatic heterocycles. The summed E-state index contributed by atoms with van der Waals surface area (Å²) in [4.78, 5) is 0. The second-order valence-corrected chi connectivity index (χ2v) is 4.68. The highest BCUT2D eigenvalue weighted by molar-refractivity contribution is 4.75. The van der Waals surface area contributed by atoms with Gasteiger partial charge in [-0.15, -0.1) is 0 Å². The van der Waals surface area contributed by atoms with E-state index in [2.05, 4.69) is 12.2 Å². The zero-order valence-electron chi connectivity index (χ0n) is 10.6. The molecule has 0 aromatic carbocycles. The van der Waals surface area contributed by atoms with E-state index in [1.165, 1.54) is 6.42 Å². The molecule has 1 heterocycles. The van der Waals surface area contributed by atoms with Crippen LogP contribution < -0.4 is 11.1 Å². The van der Waals surface area contributed by atoms with Crippen molar-refractivity contribution in [3.8, 4) is 0 Å². The minimum atomic E-state index is 0.243. The molecule has 0 bridgehead atoms. The maximum atomic E-state index is 5.98. The molecule has 0 aromatic rings. The minimum Gasteiger partial charge on any atom is -0.385 e. The molecule has 3 unspecified atom stereocenters. The molecule has 16 heavy (non-hydrogen) atoms. The normalized spacial score (nSPS) is 27.2. The first-order chi connectivity index (χ1) is 7.74. The molecular formula is C12H26N2O2. The van der Waals surface area contributed by atoms with Crippen molar-refractivity contribution in [3.63, 3.8) is 0 Å². The van der Waals surface area contributed by atoms with Crippen LogP contribution in [0, 0.1) is 5.92 Å². The summed E-state index contributed by atoms with van der Waals surface area (Å²) < 4.78 is 10.5. The highest BCUT2D eigenvalue weighted by Crippen LogP contribution is 2.19. The zero-order valence-corrected chi connectivity index (χ0v) is 10.6. The van der Waals surface area contributed by atoms with Crippen LogP contribution in [0.4, 0.5) is 0 Å². The maximum absolute atomic E-state index is 5.98. The van der Waals surface area contributed by atoms with Crippen LogP contribution in [-0.2, 0) is 9.47 Å². The van der Waals surface area contributed by atoms with Crippen LogP contribution in [0.3, 0.4) is 0 Å². The lowest BCUT2D eigenvalue weighted by Crippen LogP contribution is -2.37. The number of hydrogen-bond acceptors (Lipinski definition) is 4. The van der Waals surface area contributed by atoms with Crippen LogP contribution in [0.15, 0.2) is 0 Å². The van der Waals surface area contributed by atoms with E-state index < -0.39 is 0 Å². The number of ether oxygens (including phenoxy) is 2. The highest BCUT2D eigenvalue weighted by Gasteiger charge is 2.23. The molecule has 0 amide bonds. The van der Waals surface area contributed by atoms with Gasteiger partial charge in [0.15, 0.2) is 0 Å². The van der Waals surface area contributed by atoms with Crippen LogP contribution in [0.2, 0.25) is 0 Å². The minimum absolute atomic E-state index is 0.243. The van der Waals surface area contributed by atoms with Gasteiger partial charge in [-0.3, -0.25) is 0 Å². The lowest BCUT2D eigenvalue weighted by Gasteiger charge is -2.17. The van der Waals surface area contributed by atoms with Gasteiger partial charge in [-0.1, -0.05) is 0 Å². The van der Waals surface area contributed by atoms with Gasteiger partial charge in [0.05, 0.1) is 6.10 Å². The summed E-state index contributed by atoms with van der Waals surface area (Å²) >= 11 is 0. The molecule has 1 fully saturated rings. The second kappa shape index (κ2) is 8.01. The maximum Gasteiger partial charge on any atom is 0.0588 e.